The summed E-state index contributed by atoms with van der Waals surface area (Å²) in [5, 5.41) is 9.51. The monoisotopic (exact) mass is 249 g/mol. The summed E-state index contributed by atoms with van der Waals surface area (Å²) in [5.41, 5.74) is 8.31. The molecule has 5 nitrogen and oxygen atoms in total. The molecule has 1 unspecified atom stereocenters. The molecule has 0 fully saturated rings. The Morgan fingerprint density at radius 1 is 1.50 bits per heavy atom. The van der Waals surface area contributed by atoms with Gasteiger partial charge in [-0.15, -0.1) is 0 Å². The van der Waals surface area contributed by atoms with E-state index in [4.69, 9.17) is 10.5 Å². The van der Waals surface area contributed by atoms with Crippen LogP contribution in [0.4, 0.5) is 5.69 Å². The third-order valence-corrected chi connectivity index (χ3v) is 3.04. The number of ether oxygens (including phenoxy) is 1. The maximum Gasteiger partial charge on any atom is 0.110 e. The fourth-order valence-corrected chi connectivity index (χ4v) is 2.22. The van der Waals surface area contributed by atoms with Crippen LogP contribution in [0.1, 0.15) is 18.8 Å². The first kappa shape index (κ1) is 12.9. The lowest BCUT2D eigenvalue weighted by Crippen LogP contribution is -2.20. The summed E-state index contributed by atoms with van der Waals surface area (Å²) in [7, 11) is 1.63. The standard InChI is InChI=1S/C13H19N3O2/c1-3-13-15-11-6-9(14)4-5-12(11)16(13)10(7-17)8-18-2/h4-6,10,17H,3,7-8,14H2,1-2H3. The van der Waals surface area contributed by atoms with E-state index in [0.717, 1.165) is 23.3 Å². The van der Waals surface area contributed by atoms with Crippen molar-refractivity contribution in [2.45, 2.75) is 19.4 Å². The number of imidazole rings is 1. The molecule has 5 heteroatoms. The van der Waals surface area contributed by atoms with Gasteiger partial charge in [-0.25, -0.2) is 4.98 Å². The van der Waals surface area contributed by atoms with Crippen LogP contribution in [0.2, 0.25) is 0 Å². The Bertz CT molecular complexity index is 536. The topological polar surface area (TPSA) is 73.3 Å². The quantitative estimate of drug-likeness (QED) is 0.785. The van der Waals surface area contributed by atoms with Crippen LogP contribution in [0.25, 0.3) is 11.0 Å². The Morgan fingerprint density at radius 2 is 2.28 bits per heavy atom. The van der Waals surface area contributed by atoms with E-state index in [1.54, 1.807) is 7.11 Å². The number of aliphatic hydroxyl groups excluding tert-OH is 1. The molecule has 2 aromatic rings. The molecule has 1 atom stereocenters. The number of nitrogens with two attached hydrogens (primary N) is 1. The minimum absolute atomic E-state index is 0.0245. The molecule has 2 rings (SSSR count). The van der Waals surface area contributed by atoms with Gasteiger partial charge in [-0.1, -0.05) is 6.92 Å². The third-order valence-electron chi connectivity index (χ3n) is 3.04. The molecule has 3 N–H and O–H groups in total. The van der Waals surface area contributed by atoms with Crippen LogP contribution in [-0.4, -0.2) is 35.0 Å². The van der Waals surface area contributed by atoms with Crippen LogP contribution >= 0.6 is 0 Å². The average Bonchev–Trinajstić information content (AvgIpc) is 2.73. The minimum atomic E-state index is -0.112. The highest BCUT2D eigenvalue weighted by molar-refractivity contribution is 5.79. The van der Waals surface area contributed by atoms with Gasteiger partial charge in [0.05, 0.1) is 30.3 Å². The highest BCUT2D eigenvalue weighted by Crippen LogP contribution is 2.23. The fourth-order valence-electron chi connectivity index (χ4n) is 2.22. The van der Waals surface area contributed by atoms with Gasteiger partial charge in [-0.3, -0.25) is 0 Å². The van der Waals surface area contributed by atoms with Crippen molar-refractivity contribution in [1.29, 1.82) is 0 Å². The summed E-state index contributed by atoms with van der Waals surface area (Å²) in [6.07, 6.45) is 0.800. The van der Waals surface area contributed by atoms with Crippen molar-refractivity contribution >= 4 is 16.7 Å². The molecule has 0 bridgehead atoms. The zero-order valence-corrected chi connectivity index (χ0v) is 10.8. The number of rotatable bonds is 5. The Balaban J connectivity index is 2.58. The lowest BCUT2D eigenvalue weighted by molar-refractivity contribution is 0.115. The maximum atomic E-state index is 9.51. The summed E-state index contributed by atoms with van der Waals surface area (Å²) in [6.45, 7) is 2.53. The molecule has 0 saturated carbocycles. The van der Waals surface area contributed by atoms with Crippen molar-refractivity contribution in [3.05, 3.63) is 24.0 Å². The lowest BCUT2D eigenvalue weighted by Gasteiger charge is -2.18. The van der Waals surface area contributed by atoms with E-state index in [9.17, 15) is 5.11 Å². The number of nitrogens with zero attached hydrogens (tertiary/aromatic N) is 2. The van der Waals surface area contributed by atoms with Crippen LogP contribution in [0.3, 0.4) is 0 Å². The molecule has 0 saturated heterocycles. The van der Waals surface area contributed by atoms with Crippen LogP contribution in [0, 0.1) is 0 Å². The molecule has 0 aliphatic rings. The molecule has 18 heavy (non-hydrogen) atoms. The Morgan fingerprint density at radius 3 is 2.89 bits per heavy atom. The van der Waals surface area contributed by atoms with Crippen LogP contribution in [-0.2, 0) is 11.2 Å². The maximum absolute atomic E-state index is 9.51. The molecule has 1 aromatic heterocycles. The summed E-state index contributed by atoms with van der Waals surface area (Å²) in [6, 6.07) is 5.53. The second kappa shape index (κ2) is 5.37. The number of nitrogen functional groups attached to an aromatic ring is 1. The third kappa shape index (κ3) is 2.19. The first-order valence-electron chi connectivity index (χ1n) is 6.07. The highest BCUT2D eigenvalue weighted by Gasteiger charge is 2.17. The van der Waals surface area contributed by atoms with E-state index in [-0.39, 0.29) is 12.6 Å². The zero-order chi connectivity index (χ0) is 13.1. The van der Waals surface area contributed by atoms with Crippen molar-refractivity contribution < 1.29 is 9.84 Å². The predicted molar refractivity (Wildman–Crippen MR) is 71.5 cm³/mol. The van der Waals surface area contributed by atoms with Gasteiger partial charge in [-0.05, 0) is 18.2 Å². The van der Waals surface area contributed by atoms with Crippen LogP contribution in [0.5, 0.6) is 0 Å². The SMILES string of the molecule is CCc1nc2cc(N)ccc2n1C(CO)COC. The molecule has 0 aliphatic carbocycles. The average molecular weight is 249 g/mol. The fraction of sp³-hybridized carbons (Fsp3) is 0.462. The van der Waals surface area contributed by atoms with Gasteiger partial charge >= 0.3 is 0 Å². The zero-order valence-electron chi connectivity index (χ0n) is 10.8. The van der Waals surface area contributed by atoms with Gasteiger partial charge < -0.3 is 20.1 Å². The summed E-state index contributed by atoms with van der Waals surface area (Å²) >= 11 is 0. The highest BCUT2D eigenvalue weighted by atomic mass is 16.5. The molecule has 0 spiro atoms. The molecule has 0 amide bonds. The second-order valence-electron chi connectivity index (χ2n) is 4.29. The van der Waals surface area contributed by atoms with E-state index < -0.39 is 0 Å². The molecular formula is C13H19N3O2. The number of benzene rings is 1. The second-order valence-corrected chi connectivity index (χ2v) is 4.29. The van der Waals surface area contributed by atoms with Gasteiger partial charge in [0.25, 0.3) is 0 Å². The number of methoxy groups -OCH3 is 1. The van der Waals surface area contributed by atoms with Crippen molar-refractivity contribution in [3.63, 3.8) is 0 Å². The predicted octanol–water partition coefficient (Wildman–Crippen LogP) is 1.36. The van der Waals surface area contributed by atoms with Gasteiger partial charge in [0.1, 0.15) is 5.82 Å². The van der Waals surface area contributed by atoms with E-state index in [0.29, 0.717) is 12.3 Å². The summed E-state index contributed by atoms with van der Waals surface area (Å²) in [5.74, 6) is 0.937. The number of aromatic nitrogens is 2. The Labute approximate surface area is 106 Å². The van der Waals surface area contributed by atoms with Crippen molar-refractivity contribution in [1.82, 2.24) is 9.55 Å². The van der Waals surface area contributed by atoms with Gasteiger partial charge in [0.2, 0.25) is 0 Å². The molecule has 98 valence electrons. The first-order valence-corrected chi connectivity index (χ1v) is 6.07. The van der Waals surface area contributed by atoms with Crippen molar-refractivity contribution in [2.75, 3.05) is 26.1 Å². The number of fused-ring (bicyclic) bond motifs is 1. The first-order chi connectivity index (χ1) is 8.71. The number of anilines is 1. The van der Waals surface area contributed by atoms with Gasteiger partial charge in [0.15, 0.2) is 0 Å². The molecule has 1 heterocycles. The smallest absolute Gasteiger partial charge is 0.110 e. The minimum Gasteiger partial charge on any atom is -0.399 e. The van der Waals surface area contributed by atoms with Crippen LogP contribution in [0.15, 0.2) is 18.2 Å². The van der Waals surface area contributed by atoms with E-state index in [2.05, 4.69) is 4.98 Å². The van der Waals surface area contributed by atoms with E-state index >= 15 is 0 Å². The Kier molecular flexibility index (Phi) is 3.84. The molecule has 1 aromatic carbocycles. The van der Waals surface area contributed by atoms with Gasteiger partial charge in [0, 0.05) is 19.2 Å². The lowest BCUT2D eigenvalue weighted by atomic mass is 10.2. The number of hydrogen-bond acceptors (Lipinski definition) is 4. The largest absolute Gasteiger partial charge is 0.399 e. The molecule has 0 aliphatic heterocycles. The van der Waals surface area contributed by atoms with E-state index in [1.165, 1.54) is 0 Å². The number of hydrogen-bond donors (Lipinski definition) is 2. The molecular weight excluding hydrogens is 230 g/mol. The van der Waals surface area contributed by atoms with Gasteiger partial charge in [-0.2, -0.15) is 0 Å². The Hall–Kier alpha value is -1.59. The summed E-state index contributed by atoms with van der Waals surface area (Å²) < 4.78 is 7.20. The number of aliphatic hydroxyl groups is 1. The van der Waals surface area contributed by atoms with Crippen molar-refractivity contribution in [3.8, 4) is 0 Å². The van der Waals surface area contributed by atoms with Crippen molar-refractivity contribution in [2.24, 2.45) is 0 Å². The number of aryl methyl sites for hydroxylation is 1. The molecule has 0 radical (unpaired) electrons. The van der Waals surface area contributed by atoms with E-state index in [1.807, 2.05) is 29.7 Å². The normalized spacial score (nSPS) is 13.1. The van der Waals surface area contributed by atoms with Crippen LogP contribution < -0.4 is 5.73 Å². The summed E-state index contributed by atoms with van der Waals surface area (Å²) in [4.78, 5) is 4.56.